The Bertz CT molecular complexity index is 682. The monoisotopic (exact) mass is 422 g/mol. The van der Waals surface area contributed by atoms with Crippen LogP contribution >= 0.6 is 11.9 Å². The summed E-state index contributed by atoms with van der Waals surface area (Å²) in [5.41, 5.74) is 0. The van der Waals surface area contributed by atoms with E-state index in [9.17, 15) is 14.8 Å². The third kappa shape index (κ3) is 7.31. The van der Waals surface area contributed by atoms with E-state index in [1.165, 1.54) is 0 Å². The van der Waals surface area contributed by atoms with Gasteiger partial charge in [0.15, 0.2) is 0 Å². The molecular formula is C17H26N8O3S. The molecule has 0 spiro atoms. The molecule has 4 N–H and O–H groups in total. The van der Waals surface area contributed by atoms with Crippen LogP contribution in [-0.4, -0.2) is 70.0 Å². The highest BCUT2D eigenvalue weighted by Crippen LogP contribution is 2.20. The van der Waals surface area contributed by atoms with Crippen LogP contribution in [0.2, 0.25) is 0 Å². The number of nitrogens with one attached hydrogen (secondary N) is 3. The van der Waals surface area contributed by atoms with Crippen molar-refractivity contribution in [3.63, 3.8) is 0 Å². The lowest BCUT2D eigenvalue weighted by atomic mass is 10.0. The molecule has 158 valence electrons. The summed E-state index contributed by atoms with van der Waals surface area (Å²) in [6, 6.07) is -0.783. The number of aliphatic carboxylic acids is 1. The minimum atomic E-state index is -0.989. The molecule has 0 saturated carbocycles. The molecule has 1 fully saturated rings. The van der Waals surface area contributed by atoms with Crippen molar-refractivity contribution in [2.45, 2.75) is 24.9 Å². The van der Waals surface area contributed by atoms with E-state index in [1.807, 2.05) is 4.90 Å². The molecule has 1 unspecified atom stereocenters. The number of nitrogens with zero attached hydrogens (tertiary/aromatic N) is 5. The molecule has 0 amide bonds. The number of rotatable bonds is 13. The maximum Gasteiger partial charge on any atom is 0.321 e. The van der Waals surface area contributed by atoms with Gasteiger partial charge in [0.2, 0.25) is 17.8 Å². The Labute approximate surface area is 173 Å². The molecule has 0 bridgehead atoms. The number of carboxylic acids is 1. The summed E-state index contributed by atoms with van der Waals surface area (Å²) < 4.78 is 2.67. The zero-order valence-corrected chi connectivity index (χ0v) is 16.9. The molecule has 1 aromatic heterocycles. The predicted molar refractivity (Wildman–Crippen MR) is 115 cm³/mol. The zero-order valence-electron chi connectivity index (χ0n) is 16.1. The second-order valence-electron chi connectivity index (χ2n) is 6.31. The van der Waals surface area contributed by atoms with Crippen molar-refractivity contribution in [3.05, 3.63) is 30.2 Å². The lowest BCUT2D eigenvalue weighted by Gasteiger charge is -2.33. The van der Waals surface area contributed by atoms with Crippen molar-refractivity contribution in [1.29, 1.82) is 0 Å². The number of hydrogen-bond acceptors (Lipinski definition) is 11. The maximum absolute atomic E-state index is 11.3. The second kappa shape index (κ2) is 12.0. The lowest BCUT2D eigenvalue weighted by Crippen LogP contribution is -2.50. The molecule has 2 rings (SSSR count). The molecule has 29 heavy (non-hydrogen) atoms. The van der Waals surface area contributed by atoms with Crippen LogP contribution in [0.25, 0.3) is 0 Å². The van der Waals surface area contributed by atoms with E-state index >= 15 is 0 Å². The summed E-state index contributed by atoms with van der Waals surface area (Å²) in [5, 5.41) is 18.5. The van der Waals surface area contributed by atoms with Gasteiger partial charge in [-0.3, -0.25) is 4.79 Å². The van der Waals surface area contributed by atoms with Crippen LogP contribution in [-0.2, 0) is 4.79 Å². The van der Waals surface area contributed by atoms with Crippen molar-refractivity contribution in [3.8, 4) is 0 Å². The molecule has 0 aromatic carbocycles. The van der Waals surface area contributed by atoms with E-state index in [0.717, 1.165) is 12.8 Å². The first-order chi connectivity index (χ1) is 14.1. The van der Waals surface area contributed by atoms with E-state index in [0.29, 0.717) is 56.0 Å². The van der Waals surface area contributed by atoms with Crippen LogP contribution in [0.4, 0.5) is 17.8 Å². The fourth-order valence-corrected chi connectivity index (χ4v) is 3.27. The van der Waals surface area contributed by atoms with E-state index in [-0.39, 0.29) is 11.8 Å². The Morgan fingerprint density at radius 1 is 1.21 bits per heavy atom. The fraction of sp³-hybridized carbons (Fsp3) is 0.529. The topological polar surface area (TPSA) is 145 Å². The Morgan fingerprint density at radius 3 is 2.28 bits per heavy atom. The normalized spacial score (nSPS) is 15.4. The Kier molecular flexibility index (Phi) is 9.31. The van der Waals surface area contributed by atoms with Gasteiger partial charge >= 0.3 is 5.97 Å². The maximum atomic E-state index is 11.3. The highest BCUT2D eigenvalue weighted by molar-refractivity contribution is 7.97. The third-order valence-corrected chi connectivity index (χ3v) is 4.83. The average Bonchev–Trinajstić information content (AvgIpc) is 2.73. The molecule has 11 nitrogen and oxygen atoms in total. The molecule has 1 aromatic rings. The third-order valence-electron chi connectivity index (χ3n) is 4.24. The molecule has 0 radical (unpaired) electrons. The number of piperidine rings is 1. The first kappa shape index (κ1) is 22.6. The molecule has 1 aliphatic heterocycles. The Morgan fingerprint density at radius 2 is 1.79 bits per heavy atom. The van der Waals surface area contributed by atoms with Crippen molar-refractivity contribution >= 4 is 35.8 Å². The molecule has 1 saturated heterocycles. The van der Waals surface area contributed by atoms with Crippen LogP contribution in [0.15, 0.2) is 29.9 Å². The summed E-state index contributed by atoms with van der Waals surface area (Å²) >= 11 is 0.707. The second-order valence-corrected chi connectivity index (χ2v) is 7.05. The fourth-order valence-electron chi connectivity index (χ4n) is 2.82. The van der Waals surface area contributed by atoms with Gasteiger partial charge in [-0.15, -0.1) is 18.1 Å². The molecular weight excluding hydrogens is 396 g/mol. The lowest BCUT2D eigenvalue weighted by molar-refractivity contribution is -0.139. The molecule has 1 aliphatic rings. The van der Waals surface area contributed by atoms with Gasteiger partial charge < -0.3 is 26.0 Å². The van der Waals surface area contributed by atoms with Gasteiger partial charge in [0, 0.05) is 54.5 Å². The van der Waals surface area contributed by atoms with E-state index in [4.69, 9.17) is 0 Å². The molecule has 0 aliphatic carbocycles. The summed E-state index contributed by atoms with van der Waals surface area (Å²) in [4.78, 5) is 36.9. The van der Waals surface area contributed by atoms with Crippen molar-refractivity contribution in [1.82, 2.24) is 20.3 Å². The number of aromatic nitrogens is 3. The van der Waals surface area contributed by atoms with Crippen LogP contribution in [0.1, 0.15) is 12.8 Å². The van der Waals surface area contributed by atoms with Gasteiger partial charge in [0.05, 0.1) is 0 Å². The number of carboxylic acid groups (broad SMARTS) is 1. The molecule has 2 heterocycles. The van der Waals surface area contributed by atoms with E-state index in [2.05, 4.69) is 48.6 Å². The quantitative estimate of drug-likeness (QED) is 0.208. The predicted octanol–water partition coefficient (Wildman–Crippen LogP) is 1.49. The van der Waals surface area contributed by atoms with E-state index < -0.39 is 12.0 Å². The minimum Gasteiger partial charge on any atom is -0.480 e. The summed E-state index contributed by atoms with van der Waals surface area (Å²) in [5.74, 6) is 0.560. The highest BCUT2D eigenvalue weighted by atomic mass is 32.2. The molecule has 1 atom stereocenters. The van der Waals surface area contributed by atoms with E-state index in [1.54, 1.807) is 12.2 Å². The first-order valence-corrected chi connectivity index (χ1v) is 10.2. The van der Waals surface area contributed by atoms with Gasteiger partial charge in [-0.2, -0.15) is 15.0 Å². The van der Waals surface area contributed by atoms with Gasteiger partial charge in [-0.25, -0.2) is 0 Å². The summed E-state index contributed by atoms with van der Waals surface area (Å²) in [6.45, 7) is 9.73. The Hall–Kier alpha value is -2.73. The van der Waals surface area contributed by atoms with Gasteiger partial charge in [-0.05, 0) is 12.8 Å². The van der Waals surface area contributed by atoms with Gasteiger partial charge in [0.25, 0.3) is 0 Å². The minimum absolute atomic E-state index is 0.0261. The SMILES string of the molecule is C=CCNc1nc(NCC=C)nc(N2CCC(NC(CSN=O)C(=O)O)CC2)n1. The average molecular weight is 423 g/mol. The van der Waals surface area contributed by atoms with Crippen LogP contribution < -0.4 is 20.9 Å². The number of anilines is 3. The standard InChI is InChI=1S/C17H26N8O3S/c1-3-7-18-15-21-16(19-8-4-2)23-17(22-15)25-9-5-12(6-10-25)20-13(14(26)27)11-29-24-28/h3-4,12-13,20H,1-2,5-11H2,(H,26,27)(H2,18,19,21,22,23). The van der Waals surface area contributed by atoms with Crippen molar-refractivity contribution in [2.75, 3.05) is 47.5 Å². The van der Waals surface area contributed by atoms with Crippen molar-refractivity contribution in [2.24, 2.45) is 4.58 Å². The number of carbonyl (C=O) groups is 1. The van der Waals surface area contributed by atoms with Crippen LogP contribution in [0.3, 0.4) is 0 Å². The van der Waals surface area contributed by atoms with Crippen LogP contribution in [0.5, 0.6) is 0 Å². The smallest absolute Gasteiger partial charge is 0.321 e. The van der Waals surface area contributed by atoms with Gasteiger partial charge in [-0.1, -0.05) is 12.2 Å². The Balaban J connectivity index is 2.01. The molecule has 12 heteroatoms. The highest BCUT2D eigenvalue weighted by Gasteiger charge is 2.26. The number of nitroso groups, excluding NO2 is 1. The summed E-state index contributed by atoms with van der Waals surface area (Å²) in [6.07, 6.45) is 4.88. The summed E-state index contributed by atoms with van der Waals surface area (Å²) in [7, 11) is 0. The van der Waals surface area contributed by atoms with Gasteiger partial charge in [0.1, 0.15) is 6.04 Å². The van der Waals surface area contributed by atoms with Crippen molar-refractivity contribution < 1.29 is 9.90 Å². The zero-order chi connectivity index (χ0) is 21.1. The van der Waals surface area contributed by atoms with Crippen LogP contribution in [0, 0.1) is 4.91 Å². The first-order valence-electron chi connectivity index (χ1n) is 9.21. The largest absolute Gasteiger partial charge is 0.480 e. The number of hydrogen-bond donors (Lipinski definition) is 4.